The maximum Gasteiger partial charge on any atom is 0.362 e. The van der Waals surface area contributed by atoms with Crippen LogP contribution in [0.2, 0.25) is 0 Å². The van der Waals surface area contributed by atoms with Crippen LogP contribution in [0.5, 0.6) is 0 Å². The van der Waals surface area contributed by atoms with Crippen LogP contribution in [0.4, 0.5) is 0 Å². The summed E-state index contributed by atoms with van der Waals surface area (Å²) in [5.74, 6) is -0.935. The number of carbonyl (C=O) groups is 2. The van der Waals surface area contributed by atoms with Crippen molar-refractivity contribution in [3.8, 4) is 0 Å². The summed E-state index contributed by atoms with van der Waals surface area (Å²) < 4.78 is 4.75. The van der Waals surface area contributed by atoms with Gasteiger partial charge in [0, 0.05) is 5.56 Å². The Kier molecular flexibility index (Phi) is 3.41. The number of Topliss-reactive ketones (excluding diaryl/α,β-unsaturated/α-hetero) is 1. The summed E-state index contributed by atoms with van der Waals surface area (Å²) in [6, 6.07) is 4.61. The van der Waals surface area contributed by atoms with Crippen LogP contribution in [0.25, 0.3) is 10.9 Å². The van der Waals surface area contributed by atoms with Gasteiger partial charge in [-0.2, -0.15) is 5.10 Å². The molecule has 0 aliphatic rings. The number of rotatable bonds is 3. The van der Waals surface area contributed by atoms with Crippen molar-refractivity contribution in [1.29, 1.82) is 0 Å². The van der Waals surface area contributed by atoms with E-state index in [2.05, 4.69) is 10.2 Å². The first-order valence-electron chi connectivity index (χ1n) is 5.75. The third-order valence-electron chi connectivity index (χ3n) is 2.64. The van der Waals surface area contributed by atoms with Crippen molar-refractivity contribution in [2.24, 2.45) is 0 Å². The quantitative estimate of drug-likeness (QED) is 0.663. The fraction of sp³-hybridized carbons (Fsp3) is 0.231. The molecular weight excluding hydrogens is 248 g/mol. The van der Waals surface area contributed by atoms with Gasteiger partial charge in [-0.05, 0) is 32.0 Å². The molecule has 1 aromatic heterocycles. The van der Waals surface area contributed by atoms with Crippen LogP contribution in [0.3, 0.4) is 0 Å². The molecule has 1 N–H and O–H groups in total. The van der Waals surface area contributed by atoms with E-state index in [0.29, 0.717) is 11.1 Å². The molecule has 0 radical (unpaired) electrons. The topological polar surface area (TPSA) is 89.1 Å². The normalized spacial score (nSPS) is 10.4. The van der Waals surface area contributed by atoms with Crippen molar-refractivity contribution in [3.05, 3.63) is 39.7 Å². The van der Waals surface area contributed by atoms with Gasteiger partial charge in [-0.25, -0.2) is 4.79 Å². The van der Waals surface area contributed by atoms with Crippen LogP contribution in [0.15, 0.2) is 23.0 Å². The van der Waals surface area contributed by atoms with E-state index < -0.39 is 11.4 Å². The van der Waals surface area contributed by atoms with E-state index in [0.717, 1.165) is 0 Å². The van der Waals surface area contributed by atoms with Crippen molar-refractivity contribution < 1.29 is 14.3 Å². The molecule has 0 atom stereocenters. The lowest BCUT2D eigenvalue weighted by atomic mass is 10.1. The first-order valence-corrected chi connectivity index (χ1v) is 5.75. The molecule has 0 amide bonds. The molecule has 0 aliphatic heterocycles. The van der Waals surface area contributed by atoms with Crippen molar-refractivity contribution in [2.45, 2.75) is 13.8 Å². The second-order valence-electron chi connectivity index (χ2n) is 3.94. The zero-order valence-corrected chi connectivity index (χ0v) is 10.5. The minimum Gasteiger partial charge on any atom is -0.461 e. The van der Waals surface area contributed by atoms with Gasteiger partial charge in [0.05, 0.1) is 17.5 Å². The minimum atomic E-state index is -0.779. The fourth-order valence-electron chi connectivity index (χ4n) is 1.68. The second kappa shape index (κ2) is 5.01. The first-order chi connectivity index (χ1) is 9.04. The molecule has 19 heavy (non-hydrogen) atoms. The molecular formula is C13H12N2O4. The van der Waals surface area contributed by atoms with Crippen LogP contribution in [0.1, 0.15) is 34.7 Å². The summed E-state index contributed by atoms with van der Waals surface area (Å²) in [7, 11) is 0. The lowest BCUT2D eigenvalue weighted by molar-refractivity contribution is 0.0516. The average molecular weight is 260 g/mol. The molecule has 98 valence electrons. The molecule has 6 heteroatoms. The van der Waals surface area contributed by atoms with Gasteiger partial charge >= 0.3 is 5.97 Å². The number of carbonyl (C=O) groups excluding carboxylic acids is 2. The number of hydrogen-bond acceptors (Lipinski definition) is 5. The Bertz CT molecular complexity index is 718. The van der Waals surface area contributed by atoms with E-state index in [1.807, 2.05) is 0 Å². The number of aromatic amines is 1. The Morgan fingerprint density at radius 1 is 1.37 bits per heavy atom. The predicted molar refractivity (Wildman–Crippen MR) is 68.3 cm³/mol. The fourth-order valence-corrected chi connectivity index (χ4v) is 1.68. The van der Waals surface area contributed by atoms with Crippen molar-refractivity contribution in [3.63, 3.8) is 0 Å². The highest BCUT2D eigenvalue weighted by Gasteiger charge is 2.16. The van der Waals surface area contributed by atoms with E-state index in [4.69, 9.17) is 4.74 Å². The smallest absolute Gasteiger partial charge is 0.362 e. The molecule has 0 unspecified atom stereocenters. The van der Waals surface area contributed by atoms with Gasteiger partial charge in [0.1, 0.15) is 0 Å². The van der Waals surface area contributed by atoms with E-state index >= 15 is 0 Å². The highest BCUT2D eigenvalue weighted by atomic mass is 16.5. The third kappa shape index (κ3) is 2.37. The first kappa shape index (κ1) is 12.9. The van der Waals surface area contributed by atoms with E-state index in [1.54, 1.807) is 19.1 Å². The Morgan fingerprint density at radius 2 is 2.11 bits per heavy atom. The molecule has 2 rings (SSSR count). The van der Waals surface area contributed by atoms with Crippen LogP contribution in [-0.2, 0) is 4.74 Å². The second-order valence-corrected chi connectivity index (χ2v) is 3.94. The van der Waals surface area contributed by atoms with Gasteiger partial charge < -0.3 is 4.74 Å². The number of H-pyrrole nitrogens is 1. The Morgan fingerprint density at radius 3 is 2.74 bits per heavy atom. The molecule has 1 aromatic carbocycles. The maximum absolute atomic E-state index is 12.1. The minimum absolute atomic E-state index is 0.157. The Hall–Kier alpha value is -2.50. The van der Waals surface area contributed by atoms with Gasteiger partial charge in [-0.15, -0.1) is 0 Å². The number of esters is 1. The summed E-state index contributed by atoms with van der Waals surface area (Å²) in [5, 5.41) is 6.55. The van der Waals surface area contributed by atoms with Crippen molar-refractivity contribution in [2.75, 3.05) is 6.61 Å². The Balaban J connectivity index is 2.65. The third-order valence-corrected chi connectivity index (χ3v) is 2.64. The Labute approximate surface area is 108 Å². The number of benzene rings is 1. The number of aromatic nitrogens is 2. The van der Waals surface area contributed by atoms with E-state index in [1.165, 1.54) is 13.0 Å². The zero-order valence-electron chi connectivity index (χ0n) is 10.5. The SMILES string of the molecule is CCOC(=O)c1n[nH]c2ccc(C(C)=O)cc2c1=O. The van der Waals surface area contributed by atoms with E-state index in [-0.39, 0.29) is 23.5 Å². The predicted octanol–water partition coefficient (Wildman–Crippen LogP) is 1.30. The number of nitrogens with one attached hydrogen (secondary N) is 1. The molecule has 1 heterocycles. The molecule has 0 aliphatic carbocycles. The number of nitrogens with zero attached hydrogens (tertiary/aromatic N) is 1. The summed E-state index contributed by atoms with van der Waals surface area (Å²) >= 11 is 0. The number of ether oxygens (including phenoxy) is 1. The molecule has 2 aromatic rings. The molecule has 0 bridgehead atoms. The summed E-state index contributed by atoms with van der Waals surface area (Å²) in [6.45, 7) is 3.20. The average Bonchev–Trinajstić information content (AvgIpc) is 2.39. The monoisotopic (exact) mass is 260 g/mol. The highest BCUT2D eigenvalue weighted by molar-refractivity contribution is 5.98. The summed E-state index contributed by atoms with van der Waals surface area (Å²) in [4.78, 5) is 35.0. The van der Waals surface area contributed by atoms with Gasteiger partial charge in [0.2, 0.25) is 11.1 Å². The van der Waals surface area contributed by atoms with Gasteiger partial charge in [-0.1, -0.05) is 0 Å². The molecule has 0 saturated carbocycles. The lowest BCUT2D eigenvalue weighted by Gasteiger charge is -2.03. The number of hydrogen-bond donors (Lipinski definition) is 1. The number of ketones is 1. The summed E-state index contributed by atoms with van der Waals surface area (Å²) in [6.07, 6.45) is 0. The van der Waals surface area contributed by atoms with Gasteiger partial charge in [0.25, 0.3) is 0 Å². The molecule has 6 nitrogen and oxygen atoms in total. The van der Waals surface area contributed by atoms with Crippen LogP contribution in [-0.4, -0.2) is 28.6 Å². The van der Waals surface area contributed by atoms with Crippen molar-refractivity contribution in [1.82, 2.24) is 10.2 Å². The summed E-state index contributed by atoms with van der Waals surface area (Å²) in [5.41, 5.74) is 0.00686. The van der Waals surface area contributed by atoms with Gasteiger partial charge in [-0.3, -0.25) is 14.7 Å². The number of fused-ring (bicyclic) bond motifs is 1. The zero-order chi connectivity index (χ0) is 14.0. The van der Waals surface area contributed by atoms with Gasteiger partial charge in [0.15, 0.2) is 5.78 Å². The van der Waals surface area contributed by atoms with Crippen molar-refractivity contribution >= 4 is 22.7 Å². The lowest BCUT2D eigenvalue weighted by Crippen LogP contribution is -2.21. The molecule has 0 fully saturated rings. The molecule has 0 spiro atoms. The van der Waals surface area contributed by atoms with Crippen LogP contribution in [0, 0.1) is 0 Å². The van der Waals surface area contributed by atoms with Crippen LogP contribution < -0.4 is 5.43 Å². The maximum atomic E-state index is 12.1. The van der Waals surface area contributed by atoms with E-state index in [9.17, 15) is 14.4 Å². The molecule has 0 saturated heterocycles. The standard InChI is InChI=1S/C13H12N2O4/c1-3-19-13(18)11-12(17)9-6-8(7(2)16)4-5-10(9)14-15-11/h4-6H,3H2,1-2H3,(H,14,17). The highest BCUT2D eigenvalue weighted by Crippen LogP contribution is 2.11. The largest absolute Gasteiger partial charge is 0.461 e. The van der Waals surface area contributed by atoms with Crippen LogP contribution >= 0.6 is 0 Å².